The second-order valence-corrected chi connectivity index (χ2v) is 8.03. The minimum Gasteiger partial charge on any atom is -0.492 e. The van der Waals surface area contributed by atoms with Crippen molar-refractivity contribution in [2.75, 3.05) is 53.1 Å². The highest BCUT2D eigenvalue weighted by atomic mass is 16.5. The molecule has 2 aliphatic heterocycles. The molecular formula is C23H38N4O3. The Morgan fingerprint density at radius 2 is 2.07 bits per heavy atom. The lowest BCUT2D eigenvalue weighted by Crippen LogP contribution is -2.41. The van der Waals surface area contributed by atoms with Crippen LogP contribution in [0.15, 0.2) is 29.3 Å². The van der Waals surface area contributed by atoms with Gasteiger partial charge in [-0.15, -0.1) is 0 Å². The molecule has 7 heteroatoms. The molecule has 2 saturated heterocycles. The highest BCUT2D eigenvalue weighted by Crippen LogP contribution is 2.16. The van der Waals surface area contributed by atoms with Gasteiger partial charge in [-0.05, 0) is 57.4 Å². The zero-order valence-electron chi connectivity index (χ0n) is 18.6. The van der Waals surface area contributed by atoms with Gasteiger partial charge in [-0.3, -0.25) is 4.90 Å². The number of hydrogen-bond acceptors (Lipinski definition) is 5. The smallest absolute Gasteiger partial charge is 0.191 e. The Balaban J connectivity index is 1.44. The number of ether oxygens (including phenoxy) is 3. The average molecular weight is 419 g/mol. The summed E-state index contributed by atoms with van der Waals surface area (Å²) in [6.45, 7) is 8.55. The number of nitrogens with one attached hydrogen (secondary N) is 2. The minimum absolute atomic E-state index is 0.296. The summed E-state index contributed by atoms with van der Waals surface area (Å²) in [6.07, 6.45) is 4.79. The molecule has 30 heavy (non-hydrogen) atoms. The molecule has 0 spiro atoms. The maximum Gasteiger partial charge on any atom is 0.191 e. The monoisotopic (exact) mass is 418 g/mol. The van der Waals surface area contributed by atoms with Crippen LogP contribution in [0.4, 0.5) is 0 Å². The summed E-state index contributed by atoms with van der Waals surface area (Å²) in [6, 6.07) is 8.84. The Kier molecular flexibility index (Phi) is 9.73. The Labute approximate surface area is 181 Å². The molecule has 1 unspecified atom stereocenters. The fourth-order valence-corrected chi connectivity index (χ4v) is 3.88. The molecule has 0 bridgehead atoms. The second-order valence-electron chi connectivity index (χ2n) is 8.03. The molecule has 0 aliphatic carbocycles. The van der Waals surface area contributed by atoms with Crippen molar-refractivity contribution < 1.29 is 14.2 Å². The van der Waals surface area contributed by atoms with Crippen LogP contribution >= 0.6 is 0 Å². The molecule has 3 rings (SSSR count). The first-order chi connectivity index (χ1) is 14.7. The average Bonchev–Trinajstić information content (AvgIpc) is 3.30. The first kappa shape index (κ1) is 22.8. The van der Waals surface area contributed by atoms with Gasteiger partial charge in [0.15, 0.2) is 5.96 Å². The fraction of sp³-hybridized carbons (Fsp3) is 0.696. The highest BCUT2D eigenvalue weighted by molar-refractivity contribution is 5.79. The van der Waals surface area contributed by atoms with E-state index in [0.717, 1.165) is 82.4 Å². The summed E-state index contributed by atoms with van der Waals surface area (Å²) in [4.78, 5) is 7.11. The molecule has 1 aromatic rings. The van der Waals surface area contributed by atoms with Gasteiger partial charge in [0.2, 0.25) is 0 Å². The van der Waals surface area contributed by atoms with Crippen molar-refractivity contribution in [2.45, 2.75) is 51.3 Å². The number of nitrogens with zero attached hydrogens (tertiary/aromatic N) is 2. The standard InChI is InChI=1S/C23H38N4O3/c1-3-24-23(26-18-22-8-5-12-29-22)25-17-19-6-4-7-21(16-19)30-15-11-27(2)20-9-13-28-14-10-20/h4,6-7,16,20,22H,3,5,8-15,17-18H2,1-2H3,(H2,24,25,26). The van der Waals surface area contributed by atoms with E-state index in [4.69, 9.17) is 19.2 Å². The van der Waals surface area contributed by atoms with E-state index in [1.54, 1.807) is 0 Å². The van der Waals surface area contributed by atoms with Crippen molar-refractivity contribution in [3.63, 3.8) is 0 Å². The lowest BCUT2D eigenvalue weighted by Gasteiger charge is -2.31. The second kappa shape index (κ2) is 12.8. The zero-order valence-corrected chi connectivity index (χ0v) is 18.6. The van der Waals surface area contributed by atoms with Crippen LogP contribution in [0.25, 0.3) is 0 Å². The molecule has 1 atom stereocenters. The minimum atomic E-state index is 0.296. The number of guanidine groups is 1. The lowest BCUT2D eigenvalue weighted by molar-refractivity contribution is 0.0392. The Morgan fingerprint density at radius 3 is 2.83 bits per heavy atom. The number of likely N-dealkylation sites (N-methyl/N-ethyl adjacent to an activating group) is 1. The van der Waals surface area contributed by atoms with E-state index >= 15 is 0 Å². The quantitative estimate of drug-likeness (QED) is 0.449. The van der Waals surface area contributed by atoms with Gasteiger partial charge >= 0.3 is 0 Å². The number of aliphatic imine (C=N–C) groups is 1. The van der Waals surface area contributed by atoms with Crippen LogP contribution < -0.4 is 15.4 Å². The van der Waals surface area contributed by atoms with Gasteiger partial charge in [-0.1, -0.05) is 12.1 Å². The maximum absolute atomic E-state index is 6.01. The van der Waals surface area contributed by atoms with Crippen LogP contribution in [0.1, 0.15) is 38.2 Å². The van der Waals surface area contributed by atoms with Crippen LogP contribution in [-0.2, 0) is 16.0 Å². The summed E-state index contributed by atoms with van der Waals surface area (Å²) in [7, 11) is 2.18. The third-order valence-electron chi connectivity index (χ3n) is 5.71. The van der Waals surface area contributed by atoms with Crippen LogP contribution in [0.2, 0.25) is 0 Å². The topological polar surface area (TPSA) is 67.4 Å². The van der Waals surface area contributed by atoms with E-state index in [-0.39, 0.29) is 0 Å². The predicted octanol–water partition coefficient (Wildman–Crippen LogP) is 2.41. The van der Waals surface area contributed by atoms with Crippen molar-refractivity contribution in [1.29, 1.82) is 0 Å². The summed E-state index contributed by atoms with van der Waals surface area (Å²) in [5, 5.41) is 6.70. The normalized spacial score (nSPS) is 20.5. The molecular weight excluding hydrogens is 380 g/mol. The molecule has 7 nitrogen and oxygen atoms in total. The van der Waals surface area contributed by atoms with Crippen molar-refractivity contribution in [3.05, 3.63) is 29.8 Å². The van der Waals surface area contributed by atoms with E-state index in [1.165, 1.54) is 0 Å². The summed E-state index contributed by atoms with van der Waals surface area (Å²) < 4.78 is 17.1. The van der Waals surface area contributed by atoms with Crippen LogP contribution in [0.3, 0.4) is 0 Å². The first-order valence-corrected chi connectivity index (χ1v) is 11.4. The largest absolute Gasteiger partial charge is 0.492 e. The van der Waals surface area contributed by atoms with Gasteiger partial charge < -0.3 is 24.8 Å². The third kappa shape index (κ3) is 7.78. The van der Waals surface area contributed by atoms with Gasteiger partial charge in [0.25, 0.3) is 0 Å². The molecule has 2 heterocycles. The molecule has 1 aromatic carbocycles. The van der Waals surface area contributed by atoms with Crippen LogP contribution in [0.5, 0.6) is 5.75 Å². The summed E-state index contributed by atoms with van der Waals surface area (Å²) in [5.74, 6) is 1.73. The van der Waals surface area contributed by atoms with E-state index in [9.17, 15) is 0 Å². The maximum atomic E-state index is 6.01. The fourth-order valence-electron chi connectivity index (χ4n) is 3.88. The van der Waals surface area contributed by atoms with E-state index in [2.05, 4.69) is 41.6 Å². The summed E-state index contributed by atoms with van der Waals surface area (Å²) in [5.41, 5.74) is 1.14. The van der Waals surface area contributed by atoms with Crippen LogP contribution in [0, 0.1) is 0 Å². The summed E-state index contributed by atoms with van der Waals surface area (Å²) >= 11 is 0. The van der Waals surface area contributed by atoms with Gasteiger partial charge in [0.05, 0.1) is 12.6 Å². The van der Waals surface area contributed by atoms with Gasteiger partial charge in [-0.25, -0.2) is 4.99 Å². The van der Waals surface area contributed by atoms with Crippen molar-refractivity contribution >= 4 is 5.96 Å². The van der Waals surface area contributed by atoms with Crippen molar-refractivity contribution in [1.82, 2.24) is 15.5 Å². The number of benzene rings is 1. The SMILES string of the molecule is CCNC(=NCc1cccc(OCCN(C)C2CCOCC2)c1)NCC1CCCO1. The van der Waals surface area contributed by atoms with E-state index in [1.807, 2.05) is 12.1 Å². The number of hydrogen-bond donors (Lipinski definition) is 2. The molecule has 168 valence electrons. The third-order valence-corrected chi connectivity index (χ3v) is 5.71. The number of rotatable bonds is 10. The Hall–Kier alpha value is -1.83. The molecule has 2 N–H and O–H groups in total. The molecule has 0 aromatic heterocycles. The molecule has 2 aliphatic rings. The zero-order chi connectivity index (χ0) is 21.0. The first-order valence-electron chi connectivity index (χ1n) is 11.4. The molecule has 0 amide bonds. The van der Waals surface area contributed by atoms with Gasteiger partial charge in [0.1, 0.15) is 12.4 Å². The van der Waals surface area contributed by atoms with Gasteiger partial charge in [0, 0.05) is 45.5 Å². The Morgan fingerprint density at radius 1 is 1.20 bits per heavy atom. The van der Waals surface area contributed by atoms with Crippen molar-refractivity contribution in [3.8, 4) is 5.75 Å². The van der Waals surface area contributed by atoms with Gasteiger partial charge in [-0.2, -0.15) is 0 Å². The lowest BCUT2D eigenvalue weighted by atomic mass is 10.1. The molecule has 2 fully saturated rings. The van der Waals surface area contributed by atoms with Crippen LogP contribution in [-0.4, -0.2) is 76.1 Å². The Bertz CT molecular complexity index is 643. The predicted molar refractivity (Wildman–Crippen MR) is 120 cm³/mol. The van der Waals surface area contributed by atoms with E-state index < -0.39 is 0 Å². The highest BCUT2D eigenvalue weighted by Gasteiger charge is 2.18. The van der Waals surface area contributed by atoms with Crippen molar-refractivity contribution in [2.24, 2.45) is 4.99 Å². The molecule has 0 radical (unpaired) electrons. The molecule has 0 saturated carbocycles. The van der Waals surface area contributed by atoms with E-state index in [0.29, 0.717) is 25.3 Å².